The Morgan fingerprint density at radius 1 is 0.304 bits per heavy atom. The molecule has 56 heavy (non-hydrogen) atoms. The molecule has 4 heteroatoms. The lowest BCUT2D eigenvalue weighted by molar-refractivity contribution is 0.406. The maximum absolute atomic E-state index is 5.91. The minimum absolute atomic E-state index is 0.762. The van der Waals surface area contributed by atoms with Crippen LogP contribution in [0.1, 0.15) is 66.8 Å². The molecule has 0 amide bonds. The molecule has 4 aliphatic rings. The first kappa shape index (κ1) is 37.1. The predicted octanol–water partition coefficient (Wildman–Crippen LogP) is 9.20. The number of aryl methyl sites for hydroxylation is 4. The summed E-state index contributed by atoms with van der Waals surface area (Å²) >= 11 is 0. The highest BCUT2D eigenvalue weighted by atomic mass is 16.5. The third kappa shape index (κ3) is 9.27. The minimum Gasteiger partial charge on any atom is -0.497 e. The van der Waals surface area contributed by atoms with Crippen LogP contribution in [0.25, 0.3) is 0 Å². The van der Waals surface area contributed by atoms with Crippen molar-refractivity contribution in [2.24, 2.45) is 0 Å². The molecule has 0 heterocycles. The molecule has 0 fully saturated rings. The fourth-order valence-corrected chi connectivity index (χ4v) is 6.48. The monoisotopic (exact) mass is 728 g/mol. The number of hydrogen-bond acceptors (Lipinski definition) is 4. The van der Waals surface area contributed by atoms with Crippen LogP contribution in [-0.4, -0.2) is 28.4 Å². The molecule has 0 radical (unpaired) electrons. The van der Waals surface area contributed by atoms with Gasteiger partial charge < -0.3 is 18.9 Å². The molecule has 10 rings (SSSR count). The van der Waals surface area contributed by atoms with Gasteiger partial charge in [-0.15, -0.1) is 0 Å². The first-order chi connectivity index (χ1) is 27.5. The van der Waals surface area contributed by atoms with Gasteiger partial charge in [-0.25, -0.2) is 0 Å². The van der Waals surface area contributed by atoms with Crippen molar-refractivity contribution in [3.05, 3.63) is 188 Å². The molecular formula is C52H40O4. The lowest BCUT2D eigenvalue weighted by atomic mass is 9.90. The number of ether oxygens (including phenoxy) is 4. The van der Waals surface area contributed by atoms with E-state index in [4.69, 9.17) is 18.9 Å². The van der Waals surface area contributed by atoms with Crippen molar-refractivity contribution in [1.82, 2.24) is 0 Å². The van der Waals surface area contributed by atoms with Gasteiger partial charge in [-0.05, 0) is 169 Å². The van der Waals surface area contributed by atoms with Gasteiger partial charge in [0.25, 0.3) is 0 Å². The molecule has 4 bridgehead atoms. The molecule has 0 unspecified atom stereocenters. The molecule has 4 aliphatic carbocycles. The normalized spacial score (nSPS) is 11.1. The standard InChI is InChI=1S/C52H40O4/c1-53-49-29-19-41(20-30-49)15-9-37-5-11-39(12-6-37)17-23-43-33-47-28-26-46-36-52(56-4)48(27-25-45(43)35-51(47)55-3)34-44(46)24-18-40-13-7-38(8-14-40)10-16-42-21-31-50(54-2)32-22-42/h5-8,11-14,19-22,29-36H,25-28H2,1-4H3. The summed E-state index contributed by atoms with van der Waals surface area (Å²) in [5, 5.41) is 0. The Kier molecular flexibility index (Phi) is 11.7. The Hall–Kier alpha value is -7.24. The van der Waals surface area contributed by atoms with E-state index in [0.29, 0.717) is 0 Å². The van der Waals surface area contributed by atoms with Crippen molar-refractivity contribution in [1.29, 1.82) is 0 Å². The second kappa shape index (κ2) is 17.7. The number of methoxy groups -OCH3 is 4. The van der Waals surface area contributed by atoms with Crippen molar-refractivity contribution < 1.29 is 18.9 Å². The van der Waals surface area contributed by atoms with Crippen molar-refractivity contribution >= 4 is 0 Å². The molecule has 0 saturated heterocycles. The molecule has 0 aliphatic heterocycles. The van der Waals surface area contributed by atoms with Gasteiger partial charge in [0.15, 0.2) is 0 Å². The van der Waals surface area contributed by atoms with Gasteiger partial charge >= 0.3 is 0 Å². The van der Waals surface area contributed by atoms with Gasteiger partial charge in [0.2, 0.25) is 0 Å². The zero-order valence-electron chi connectivity index (χ0n) is 32.0. The molecule has 0 spiro atoms. The van der Waals surface area contributed by atoms with E-state index in [-0.39, 0.29) is 0 Å². The summed E-state index contributed by atoms with van der Waals surface area (Å²) < 4.78 is 22.3. The Morgan fingerprint density at radius 2 is 0.571 bits per heavy atom. The molecular weight excluding hydrogens is 689 g/mol. The van der Waals surface area contributed by atoms with Crippen LogP contribution in [0, 0.1) is 47.4 Å². The Labute approximate surface area is 330 Å². The summed E-state index contributed by atoms with van der Waals surface area (Å²) in [6, 6.07) is 40.3. The van der Waals surface area contributed by atoms with Crippen molar-refractivity contribution in [2.75, 3.05) is 28.4 Å². The maximum Gasteiger partial charge on any atom is 0.122 e. The summed E-state index contributed by atoms with van der Waals surface area (Å²) in [5.74, 6) is 30.1. The van der Waals surface area contributed by atoms with Gasteiger partial charge in [0.05, 0.1) is 28.4 Å². The SMILES string of the molecule is COc1ccc(C#Cc2ccc(C#Cc3cc4c(OC)cc3CCc3cc(C#Cc5ccc(C#Cc6ccc(OC)cc6)cc5)c(cc3OC)CC4)cc2)cc1. The van der Waals surface area contributed by atoms with E-state index in [9.17, 15) is 0 Å². The minimum atomic E-state index is 0.762. The van der Waals surface area contributed by atoms with E-state index in [2.05, 4.69) is 71.6 Å². The Balaban J connectivity index is 1.10. The number of rotatable bonds is 4. The van der Waals surface area contributed by atoms with Crippen LogP contribution in [0.5, 0.6) is 23.0 Å². The average Bonchev–Trinajstić information content (AvgIpc) is 3.25. The molecule has 6 aromatic rings. The van der Waals surface area contributed by atoms with Crippen molar-refractivity contribution in [2.45, 2.75) is 25.7 Å². The summed E-state index contributed by atoms with van der Waals surface area (Å²) in [6.45, 7) is 0. The molecule has 0 aromatic heterocycles. The first-order valence-electron chi connectivity index (χ1n) is 18.5. The van der Waals surface area contributed by atoms with E-state index in [0.717, 1.165) is 115 Å². The molecule has 6 aromatic carbocycles. The number of hydrogen-bond donors (Lipinski definition) is 0. The molecule has 0 saturated carbocycles. The predicted molar refractivity (Wildman–Crippen MR) is 224 cm³/mol. The van der Waals surface area contributed by atoms with E-state index >= 15 is 0 Å². The quantitative estimate of drug-likeness (QED) is 0.170. The third-order valence-electron chi connectivity index (χ3n) is 9.68. The highest BCUT2D eigenvalue weighted by Gasteiger charge is 2.16. The summed E-state index contributed by atoms with van der Waals surface area (Å²) in [4.78, 5) is 0. The smallest absolute Gasteiger partial charge is 0.122 e. The lowest BCUT2D eigenvalue weighted by Gasteiger charge is -2.18. The fraction of sp³-hybridized carbons (Fsp3) is 0.154. The van der Waals surface area contributed by atoms with E-state index in [1.165, 1.54) is 0 Å². The van der Waals surface area contributed by atoms with Crippen LogP contribution in [0.4, 0.5) is 0 Å². The maximum atomic E-state index is 5.91. The topological polar surface area (TPSA) is 36.9 Å². The third-order valence-corrected chi connectivity index (χ3v) is 9.68. The van der Waals surface area contributed by atoms with Crippen molar-refractivity contribution in [3.63, 3.8) is 0 Å². The van der Waals surface area contributed by atoms with Gasteiger partial charge in [-0.3, -0.25) is 0 Å². The second-order valence-electron chi connectivity index (χ2n) is 13.3. The van der Waals surface area contributed by atoms with Crippen LogP contribution in [-0.2, 0) is 25.7 Å². The molecule has 272 valence electrons. The second-order valence-corrected chi connectivity index (χ2v) is 13.3. The average molecular weight is 729 g/mol. The van der Waals surface area contributed by atoms with Crippen LogP contribution >= 0.6 is 0 Å². The Bertz CT molecular complexity index is 2420. The van der Waals surface area contributed by atoms with Gasteiger partial charge in [-0.1, -0.05) is 47.4 Å². The van der Waals surface area contributed by atoms with E-state index in [1.807, 2.05) is 97.1 Å². The fourth-order valence-electron chi connectivity index (χ4n) is 6.48. The zero-order valence-corrected chi connectivity index (χ0v) is 32.0. The highest BCUT2D eigenvalue weighted by molar-refractivity contribution is 5.57. The molecule has 0 N–H and O–H groups in total. The van der Waals surface area contributed by atoms with Gasteiger partial charge in [-0.2, -0.15) is 0 Å². The zero-order chi connectivity index (χ0) is 38.7. The first-order valence-corrected chi connectivity index (χ1v) is 18.5. The highest BCUT2D eigenvalue weighted by Crippen LogP contribution is 2.32. The van der Waals surface area contributed by atoms with Crippen molar-refractivity contribution in [3.8, 4) is 70.4 Å². The van der Waals surface area contributed by atoms with Crippen LogP contribution < -0.4 is 18.9 Å². The number of benzene rings is 6. The largest absolute Gasteiger partial charge is 0.497 e. The van der Waals surface area contributed by atoms with Crippen LogP contribution in [0.2, 0.25) is 0 Å². The molecule has 0 atom stereocenters. The lowest BCUT2D eigenvalue weighted by Crippen LogP contribution is -2.06. The van der Waals surface area contributed by atoms with Crippen LogP contribution in [0.3, 0.4) is 0 Å². The van der Waals surface area contributed by atoms with E-state index in [1.54, 1.807) is 28.4 Å². The summed E-state index contributed by atoms with van der Waals surface area (Å²) in [5.41, 5.74) is 12.1. The van der Waals surface area contributed by atoms with Gasteiger partial charge in [0, 0.05) is 44.5 Å². The Morgan fingerprint density at radius 3 is 0.857 bits per heavy atom. The van der Waals surface area contributed by atoms with Gasteiger partial charge in [0.1, 0.15) is 23.0 Å². The van der Waals surface area contributed by atoms with Crippen LogP contribution in [0.15, 0.2) is 121 Å². The summed E-state index contributed by atoms with van der Waals surface area (Å²) in [7, 11) is 6.79. The van der Waals surface area contributed by atoms with E-state index < -0.39 is 0 Å². The summed E-state index contributed by atoms with van der Waals surface area (Å²) in [6.07, 6.45) is 3.06. The molecule has 4 nitrogen and oxygen atoms in total.